The number of methoxy groups -OCH3 is 1. The third-order valence-corrected chi connectivity index (χ3v) is 5.13. The average Bonchev–Trinajstić information content (AvgIpc) is 2.40. The van der Waals surface area contributed by atoms with Crippen LogP contribution >= 0.6 is 47.8 Å². The molecule has 0 spiro atoms. The Bertz CT molecular complexity index is 587. The van der Waals surface area contributed by atoms with Crippen molar-refractivity contribution in [3.63, 3.8) is 0 Å². The maximum Gasteiger partial charge on any atom is 0.133 e. The Morgan fingerprint density at radius 1 is 0.947 bits per heavy atom. The Balaban J connectivity index is 2.05. The first-order chi connectivity index (χ1) is 9.10. The Hall–Kier alpha value is -0.520. The van der Waals surface area contributed by atoms with Crippen molar-refractivity contribution >= 4 is 53.5 Å². The van der Waals surface area contributed by atoms with Gasteiger partial charge in [0.25, 0.3) is 0 Å². The van der Waals surface area contributed by atoms with Gasteiger partial charge in [0, 0.05) is 21.2 Å². The van der Waals surface area contributed by atoms with E-state index in [4.69, 9.17) is 4.74 Å². The van der Waals surface area contributed by atoms with Crippen molar-refractivity contribution in [2.45, 2.75) is 6.54 Å². The molecule has 0 heterocycles. The second kappa shape index (κ2) is 6.77. The normalized spacial score (nSPS) is 10.3. The third-order valence-electron chi connectivity index (χ3n) is 2.63. The van der Waals surface area contributed by atoms with Gasteiger partial charge in [-0.15, -0.1) is 0 Å². The summed E-state index contributed by atoms with van der Waals surface area (Å²) in [7, 11) is 1.66. The lowest BCUT2D eigenvalue weighted by molar-refractivity contribution is 0.412. The first-order valence-corrected chi connectivity index (χ1v) is 7.99. The van der Waals surface area contributed by atoms with E-state index < -0.39 is 0 Å². The minimum absolute atomic E-state index is 0.769. The van der Waals surface area contributed by atoms with Gasteiger partial charge in [-0.25, -0.2) is 0 Å². The molecule has 0 aliphatic heterocycles. The highest BCUT2D eigenvalue weighted by Gasteiger charge is 2.02. The number of benzene rings is 2. The molecule has 5 heteroatoms. The molecule has 0 bridgehead atoms. The van der Waals surface area contributed by atoms with E-state index in [2.05, 4.69) is 65.2 Å². The molecule has 100 valence electrons. The van der Waals surface area contributed by atoms with Crippen molar-refractivity contribution in [1.29, 1.82) is 0 Å². The highest BCUT2D eigenvalue weighted by Crippen LogP contribution is 2.28. The first kappa shape index (κ1) is 14.9. The smallest absolute Gasteiger partial charge is 0.133 e. The van der Waals surface area contributed by atoms with E-state index in [1.807, 2.05) is 24.3 Å². The van der Waals surface area contributed by atoms with Gasteiger partial charge in [0.1, 0.15) is 5.75 Å². The van der Waals surface area contributed by atoms with Gasteiger partial charge in [-0.3, -0.25) is 0 Å². The van der Waals surface area contributed by atoms with E-state index in [-0.39, 0.29) is 0 Å². The molecule has 2 aromatic carbocycles. The molecule has 0 fully saturated rings. The first-order valence-electron chi connectivity index (χ1n) is 5.61. The maximum absolute atomic E-state index is 5.21. The fourth-order valence-corrected chi connectivity index (χ4v) is 2.84. The van der Waals surface area contributed by atoms with Crippen LogP contribution in [0.15, 0.2) is 49.8 Å². The standard InChI is InChI=1S/C14H12Br3NO/c1-19-14-5-3-10(7-13(14)17)18-8-9-2-4-11(15)12(16)6-9/h2-7,18H,8H2,1H3. The number of rotatable bonds is 4. The van der Waals surface area contributed by atoms with Gasteiger partial charge in [-0.1, -0.05) is 6.07 Å². The van der Waals surface area contributed by atoms with Crippen LogP contribution in [0.25, 0.3) is 0 Å². The van der Waals surface area contributed by atoms with Gasteiger partial charge in [0.2, 0.25) is 0 Å². The van der Waals surface area contributed by atoms with Crippen molar-refractivity contribution in [3.8, 4) is 5.75 Å². The van der Waals surface area contributed by atoms with Crippen molar-refractivity contribution in [2.24, 2.45) is 0 Å². The van der Waals surface area contributed by atoms with Crippen LogP contribution < -0.4 is 10.1 Å². The number of anilines is 1. The van der Waals surface area contributed by atoms with Gasteiger partial charge >= 0.3 is 0 Å². The number of nitrogens with one attached hydrogen (secondary N) is 1. The molecule has 0 radical (unpaired) electrons. The third kappa shape index (κ3) is 3.97. The lowest BCUT2D eigenvalue weighted by Crippen LogP contribution is -1.99. The van der Waals surface area contributed by atoms with Gasteiger partial charge in [0.15, 0.2) is 0 Å². The zero-order valence-corrected chi connectivity index (χ0v) is 15.0. The number of halogens is 3. The number of hydrogen-bond acceptors (Lipinski definition) is 2. The summed E-state index contributed by atoms with van der Waals surface area (Å²) in [6, 6.07) is 12.1. The summed E-state index contributed by atoms with van der Waals surface area (Å²) in [6.07, 6.45) is 0. The molecule has 19 heavy (non-hydrogen) atoms. The van der Waals surface area contributed by atoms with Gasteiger partial charge in [-0.05, 0) is 83.7 Å². The summed E-state index contributed by atoms with van der Waals surface area (Å²) in [4.78, 5) is 0. The maximum atomic E-state index is 5.21. The second-order valence-corrected chi connectivity index (χ2v) is 6.51. The Morgan fingerprint density at radius 3 is 2.37 bits per heavy atom. The Morgan fingerprint density at radius 2 is 1.74 bits per heavy atom. The van der Waals surface area contributed by atoms with Crippen molar-refractivity contribution in [3.05, 3.63) is 55.4 Å². The Labute approximate surface area is 137 Å². The zero-order valence-electron chi connectivity index (χ0n) is 10.2. The van der Waals surface area contributed by atoms with Crippen LogP contribution in [0.5, 0.6) is 5.75 Å². The monoisotopic (exact) mass is 447 g/mol. The van der Waals surface area contributed by atoms with Gasteiger partial charge in [-0.2, -0.15) is 0 Å². The van der Waals surface area contributed by atoms with E-state index in [1.54, 1.807) is 7.11 Å². The molecule has 0 aliphatic carbocycles. The lowest BCUT2D eigenvalue weighted by atomic mass is 10.2. The van der Waals surface area contributed by atoms with E-state index in [0.717, 1.165) is 31.4 Å². The number of ether oxygens (including phenoxy) is 1. The van der Waals surface area contributed by atoms with Crippen LogP contribution in [0.2, 0.25) is 0 Å². The largest absolute Gasteiger partial charge is 0.496 e. The predicted molar refractivity (Wildman–Crippen MR) is 89.9 cm³/mol. The topological polar surface area (TPSA) is 21.3 Å². The van der Waals surface area contributed by atoms with Gasteiger partial charge in [0.05, 0.1) is 11.6 Å². The summed E-state index contributed by atoms with van der Waals surface area (Å²) in [5.74, 6) is 0.830. The highest BCUT2D eigenvalue weighted by atomic mass is 79.9. The van der Waals surface area contributed by atoms with E-state index in [1.165, 1.54) is 5.56 Å². The van der Waals surface area contributed by atoms with Crippen LogP contribution in [0.4, 0.5) is 5.69 Å². The van der Waals surface area contributed by atoms with Crippen molar-refractivity contribution in [2.75, 3.05) is 12.4 Å². The molecular weight excluding hydrogens is 438 g/mol. The summed E-state index contributed by atoms with van der Waals surface area (Å²) in [6.45, 7) is 0.769. The molecule has 0 atom stereocenters. The summed E-state index contributed by atoms with van der Waals surface area (Å²) < 4.78 is 8.26. The molecule has 2 rings (SSSR count). The lowest BCUT2D eigenvalue weighted by Gasteiger charge is -2.10. The van der Waals surface area contributed by atoms with Crippen LogP contribution in [0, 0.1) is 0 Å². The molecule has 0 aromatic heterocycles. The number of hydrogen-bond donors (Lipinski definition) is 1. The molecule has 0 amide bonds. The molecule has 2 nitrogen and oxygen atoms in total. The molecule has 2 aromatic rings. The molecule has 0 aliphatic rings. The average molecular weight is 450 g/mol. The van der Waals surface area contributed by atoms with Crippen molar-refractivity contribution in [1.82, 2.24) is 0 Å². The van der Waals surface area contributed by atoms with E-state index in [0.29, 0.717) is 0 Å². The molecule has 0 saturated heterocycles. The Kier molecular flexibility index (Phi) is 5.30. The van der Waals surface area contributed by atoms with Gasteiger partial charge < -0.3 is 10.1 Å². The summed E-state index contributed by atoms with van der Waals surface area (Å²) in [5.41, 5.74) is 2.26. The fraction of sp³-hybridized carbons (Fsp3) is 0.143. The molecule has 0 unspecified atom stereocenters. The summed E-state index contributed by atoms with van der Waals surface area (Å²) in [5, 5.41) is 3.38. The minimum Gasteiger partial charge on any atom is -0.496 e. The fourth-order valence-electron chi connectivity index (χ4n) is 1.63. The van der Waals surface area contributed by atoms with E-state index >= 15 is 0 Å². The SMILES string of the molecule is COc1ccc(NCc2ccc(Br)c(Br)c2)cc1Br. The van der Waals surface area contributed by atoms with Crippen LogP contribution in [0.3, 0.4) is 0 Å². The van der Waals surface area contributed by atoms with Crippen LogP contribution in [-0.4, -0.2) is 7.11 Å². The van der Waals surface area contributed by atoms with Crippen LogP contribution in [-0.2, 0) is 6.54 Å². The second-order valence-electron chi connectivity index (χ2n) is 3.95. The summed E-state index contributed by atoms with van der Waals surface area (Å²) >= 11 is 10.4. The van der Waals surface area contributed by atoms with E-state index in [9.17, 15) is 0 Å². The minimum atomic E-state index is 0.769. The van der Waals surface area contributed by atoms with Crippen LogP contribution in [0.1, 0.15) is 5.56 Å². The zero-order chi connectivity index (χ0) is 13.8. The predicted octanol–water partition coefficient (Wildman–Crippen LogP) is 5.59. The molecule has 1 N–H and O–H groups in total. The quantitative estimate of drug-likeness (QED) is 0.656. The van der Waals surface area contributed by atoms with Crippen molar-refractivity contribution < 1.29 is 4.74 Å². The molecular formula is C14H12Br3NO. The molecule has 0 saturated carbocycles. The highest BCUT2D eigenvalue weighted by molar-refractivity contribution is 9.13.